The first-order valence-electron chi connectivity index (χ1n) is 6.52. The van der Waals surface area contributed by atoms with E-state index < -0.39 is 0 Å². The minimum absolute atomic E-state index is 0.264. The summed E-state index contributed by atoms with van der Waals surface area (Å²) in [6.45, 7) is 5.89. The summed E-state index contributed by atoms with van der Waals surface area (Å²) in [4.78, 5) is 0. The second-order valence-electron chi connectivity index (χ2n) is 4.62. The molecule has 0 heterocycles. The molecule has 0 saturated heterocycles. The van der Waals surface area contributed by atoms with Crippen molar-refractivity contribution in [3.05, 3.63) is 45.6 Å². The molecule has 100 valence electrons. The van der Waals surface area contributed by atoms with Crippen LogP contribution in [-0.4, -0.2) is 0 Å². The molecule has 18 heavy (non-hydrogen) atoms. The summed E-state index contributed by atoms with van der Waals surface area (Å²) in [5.41, 5.74) is 5.59. The average Bonchev–Trinajstić information content (AvgIpc) is 2.38. The number of halogens is 1. The Morgan fingerprint density at radius 3 is 2.83 bits per heavy atom. The van der Waals surface area contributed by atoms with E-state index >= 15 is 0 Å². The second-order valence-corrected chi connectivity index (χ2v) is 5.70. The molecule has 0 saturated carbocycles. The number of aryl methyl sites for hydroxylation is 1. The van der Waals surface area contributed by atoms with Crippen LogP contribution in [-0.2, 0) is 0 Å². The van der Waals surface area contributed by atoms with E-state index in [1.54, 1.807) is 0 Å². The minimum atomic E-state index is 0.264. The lowest BCUT2D eigenvalue weighted by molar-refractivity contribution is 0.482. The van der Waals surface area contributed by atoms with E-state index in [0.717, 1.165) is 12.8 Å². The molecule has 0 spiro atoms. The first-order chi connectivity index (χ1) is 8.70. The van der Waals surface area contributed by atoms with E-state index in [2.05, 4.69) is 59.7 Å². The number of unbranched alkanes of at least 4 members (excludes halogenated alkanes) is 3. The number of hydrazine groups is 1. The Morgan fingerprint density at radius 1 is 1.39 bits per heavy atom. The Labute approximate surface area is 124 Å². The fourth-order valence-electron chi connectivity index (χ4n) is 2.08. The van der Waals surface area contributed by atoms with Crippen molar-refractivity contribution in [1.29, 1.82) is 0 Å². The van der Waals surface area contributed by atoms with E-state index in [-0.39, 0.29) is 6.04 Å². The first-order valence-corrected chi connectivity index (χ1v) is 7.60. The van der Waals surface area contributed by atoms with E-state index in [1.165, 1.54) is 34.0 Å². The molecular weight excluding hydrogens is 335 g/mol. The van der Waals surface area contributed by atoms with Gasteiger partial charge in [-0.15, -0.1) is 6.58 Å². The van der Waals surface area contributed by atoms with Crippen molar-refractivity contribution >= 4 is 22.6 Å². The van der Waals surface area contributed by atoms with Crippen LogP contribution >= 0.6 is 22.6 Å². The molecule has 1 rings (SSSR count). The fraction of sp³-hybridized carbons (Fsp3) is 0.467. The maximum atomic E-state index is 5.70. The van der Waals surface area contributed by atoms with Gasteiger partial charge >= 0.3 is 0 Å². The highest BCUT2D eigenvalue weighted by Crippen LogP contribution is 2.26. The van der Waals surface area contributed by atoms with Gasteiger partial charge in [0.05, 0.1) is 0 Å². The molecule has 1 aromatic rings. The van der Waals surface area contributed by atoms with Crippen LogP contribution in [0.5, 0.6) is 0 Å². The quantitative estimate of drug-likeness (QED) is 0.240. The molecule has 2 nitrogen and oxygen atoms in total. The van der Waals surface area contributed by atoms with Crippen LogP contribution in [0.15, 0.2) is 30.9 Å². The number of nitrogens with one attached hydrogen (secondary N) is 1. The SMILES string of the molecule is C=CCCCCCC(NN)c1cccc(C)c1I. The Kier molecular flexibility index (Phi) is 7.54. The predicted molar refractivity (Wildman–Crippen MR) is 87.2 cm³/mol. The molecule has 0 fully saturated rings. The van der Waals surface area contributed by atoms with Crippen molar-refractivity contribution in [2.75, 3.05) is 0 Å². The van der Waals surface area contributed by atoms with Gasteiger partial charge in [-0.1, -0.05) is 37.1 Å². The molecule has 0 aliphatic rings. The van der Waals surface area contributed by atoms with E-state index in [0.29, 0.717) is 0 Å². The summed E-state index contributed by atoms with van der Waals surface area (Å²) < 4.78 is 1.32. The van der Waals surface area contributed by atoms with Gasteiger partial charge in [0.15, 0.2) is 0 Å². The van der Waals surface area contributed by atoms with E-state index in [9.17, 15) is 0 Å². The Balaban J connectivity index is 2.55. The van der Waals surface area contributed by atoms with Crippen molar-refractivity contribution in [2.24, 2.45) is 5.84 Å². The number of hydrogen-bond acceptors (Lipinski definition) is 2. The third kappa shape index (κ3) is 4.71. The molecule has 1 unspecified atom stereocenters. The van der Waals surface area contributed by atoms with E-state index in [4.69, 9.17) is 5.84 Å². The number of allylic oxidation sites excluding steroid dienone is 1. The molecule has 0 radical (unpaired) electrons. The summed E-state index contributed by atoms with van der Waals surface area (Å²) in [6.07, 6.45) is 7.86. The van der Waals surface area contributed by atoms with Crippen LogP contribution in [0.2, 0.25) is 0 Å². The molecule has 3 N–H and O–H groups in total. The molecule has 0 aliphatic carbocycles. The highest BCUT2D eigenvalue weighted by molar-refractivity contribution is 14.1. The predicted octanol–water partition coefficient (Wildman–Crippen LogP) is 4.24. The van der Waals surface area contributed by atoms with Gasteiger partial charge in [0, 0.05) is 9.61 Å². The van der Waals surface area contributed by atoms with Crippen LogP contribution in [0, 0.1) is 10.5 Å². The average molecular weight is 358 g/mol. The molecule has 1 aromatic carbocycles. The molecule has 3 heteroatoms. The van der Waals surface area contributed by atoms with Gasteiger partial charge in [-0.25, -0.2) is 0 Å². The smallest absolute Gasteiger partial charge is 0.0470 e. The zero-order valence-electron chi connectivity index (χ0n) is 11.1. The zero-order chi connectivity index (χ0) is 13.4. The molecule has 0 amide bonds. The monoisotopic (exact) mass is 358 g/mol. The summed E-state index contributed by atoms with van der Waals surface area (Å²) >= 11 is 2.41. The zero-order valence-corrected chi connectivity index (χ0v) is 13.2. The summed E-state index contributed by atoms with van der Waals surface area (Å²) in [5.74, 6) is 5.70. The lowest BCUT2D eigenvalue weighted by Crippen LogP contribution is -2.28. The first kappa shape index (κ1) is 15.7. The van der Waals surface area contributed by atoms with Crippen LogP contribution < -0.4 is 11.3 Å². The number of rotatable bonds is 8. The molecule has 0 bridgehead atoms. The maximum absolute atomic E-state index is 5.70. The molecular formula is C15H23IN2. The van der Waals surface area contributed by atoms with Crippen molar-refractivity contribution in [3.8, 4) is 0 Å². The largest absolute Gasteiger partial charge is 0.271 e. The van der Waals surface area contributed by atoms with Crippen molar-refractivity contribution in [1.82, 2.24) is 5.43 Å². The minimum Gasteiger partial charge on any atom is -0.271 e. The normalized spacial score (nSPS) is 12.4. The summed E-state index contributed by atoms with van der Waals surface area (Å²) in [5, 5.41) is 0. The van der Waals surface area contributed by atoms with E-state index in [1.807, 2.05) is 6.08 Å². The van der Waals surface area contributed by atoms with Crippen molar-refractivity contribution < 1.29 is 0 Å². The lowest BCUT2D eigenvalue weighted by Gasteiger charge is -2.18. The highest BCUT2D eigenvalue weighted by atomic mass is 127. The van der Waals surface area contributed by atoms with Gasteiger partial charge in [0.2, 0.25) is 0 Å². The van der Waals surface area contributed by atoms with Gasteiger partial charge in [0.25, 0.3) is 0 Å². The van der Waals surface area contributed by atoms with Gasteiger partial charge in [-0.05, 0) is 59.9 Å². The topological polar surface area (TPSA) is 38.0 Å². The van der Waals surface area contributed by atoms with Crippen LogP contribution in [0.3, 0.4) is 0 Å². The second kappa shape index (κ2) is 8.67. The highest BCUT2D eigenvalue weighted by Gasteiger charge is 2.13. The Bertz CT molecular complexity index is 377. The standard InChI is InChI=1S/C15H23IN2/c1-3-4-5-6-7-11-14(18-17)13-10-8-9-12(2)15(13)16/h3,8-10,14,18H,1,4-7,11,17H2,2H3. The van der Waals surface area contributed by atoms with Crippen LogP contribution in [0.25, 0.3) is 0 Å². The third-order valence-corrected chi connectivity index (χ3v) is 4.67. The van der Waals surface area contributed by atoms with Crippen molar-refractivity contribution in [3.63, 3.8) is 0 Å². The van der Waals surface area contributed by atoms with Gasteiger partial charge in [-0.3, -0.25) is 11.3 Å². The Morgan fingerprint density at radius 2 is 2.17 bits per heavy atom. The molecule has 0 aromatic heterocycles. The van der Waals surface area contributed by atoms with Gasteiger partial charge < -0.3 is 0 Å². The Hall–Kier alpha value is -0.390. The summed E-state index contributed by atoms with van der Waals surface area (Å²) in [6, 6.07) is 6.68. The van der Waals surface area contributed by atoms with Crippen LogP contribution in [0.1, 0.15) is 49.3 Å². The maximum Gasteiger partial charge on any atom is 0.0470 e. The number of benzene rings is 1. The summed E-state index contributed by atoms with van der Waals surface area (Å²) in [7, 11) is 0. The third-order valence-electron chi connectivity index (χ3n) is 3.20. The van der Waals surface area contributed by atoms with Gasteiger partial charge in [-0.2, -0.15) is 0 Å². The number of hydrogen-bond donors (Lipinski definition) is 2. The van der Waals surface area contributed by atoms with Crippen LogP contribution in [0.4, 0.5) is 0 Å². The molecule has 1 atom stereocenters. The van der Waals surface area contributed by atoms with Gasteiger partial charge in [0.1, 0.15) is 0 Å². The molecule has 0 aliphatic heterocycles. The fourth-order valence-corrected chi connectivity index (χ4v) is 2.82. The number of nitrogens with two attached hydrogens (primary N) is 1. The van der Waals surface area contributed by atoms with Crippen molar-refractivity contribution in [2.45, 2.75) is 45.1 Å². The lowest BCUT2D eigenvalue weighted by atomic mass is 9.99.